The van der Waals surface area contributed by atoms with Gasteiger partial charge in [-0.2, -0.15) is 0 Å². The molecule has 0 fully saturated rings. The normalized spacial score (nSPS) is 10.6. The number of hydrogen-bond acceptors (Lipinski definition) is 3. The summed E-state index contributed by atoms with van der Waals surface area (Å²) in [5.41, 5.74) is 4.04. The van der Waals surface area contributed by atoms with Crippen molar-refractivity contribution in [3.63, 3.8) is 0 Å². The van der Waals surface area contributed by atoms with Gasteiger partial charge in [0.15, 0.2) is 0 Å². The summed E-state index contributed by atoms with van der Waals surface area (Å²) < 4.78 is 0. The highest BCUT2D eigenvalue weighted by molar-refractivity contribution is 5.72. The Balaban J connectivity index is 2.28. The van der Waals surface area contributed by atoms with Gasteiger partial charge in [0.25, 0.3) is 0 Å². The molecule has 0 bridgehead atoms. The molecule has 0 amide bonds. The molecule has 1 heterocycles. The molecule has 1 aromatic carbocycles. The first-order chi connectivity index (χ1) is 9.22. The number of benzene rings is 1. The zero-order valence-corrected chi connectivity index (χ0v) is 11.2. The number of rotatable bonds is 4. The van der Waals surface area contributed by atoms with Crippen LogP contribution in [0.4, 0.5) is 17.2 Å². The maximum absolute atomic E-state index is 4.33. The Hall–Kier alpha value is -2.42. The lowest BCUT2D eigenvalue weighted by Crippen LogP contribution is -1.93. The Morgan fingerprint density at radius 1 is 1.26 bits per heavy atom. The van der Waals surface area contributed by atoms with E-state index in [9.17, 15) is 0 Å². The van der Waals surface area contributed by atoms with Crippen LogP contribution in [-0.2, 0) is 0 Å². The van der Waals surface area contributed by atoms with Crippen LogP contribution in [0, 0.1) is 6.92 Å². The van der Waals surface area contributed by atoms with Gasteiger partial charge in [-0.1, -0.05) is 18.2 Å². The Morgan fingerprint density at radius 2 is 2.11 bits per heavy atom. The topological polar surface area (TPSA) is 37.3 Å². The Morgan fingerprint density at radius 3 is 2.74 bits per heavy atom. The molecule has 0 radical (unpaired) electrons. The van der Waals surface area contributed by atoms with Crippen molar-refractivity contribution in [2.24, 2.45) is 4.99 Å². The summed E-state index contributed by atoms with van der Waals surface area (Å²) in [7, 11) is 0. The minimum Gasteiger partial charge on any atom is -0.340 e. The summed E-state index contributed by atoms with van der Waals surface area (Å²) in [5, 5.41) is 3.27. The summed E-state index contributed by atoms with van der Waals surface area (Å²) in [5.74, 6) is 0.830. The van der Waals surface area contributed by atoms with Crippen LogP contribution in [0.3, 0.4) is 0 Å². The van der Waals surface area contributed by atoms with Gasteiger partial charge in [0.1, 0.15) is 5.82 Å². The number of nitrogens with one attached hydrogen (secondary N) is 1. The third-order valence-corrected chi connectivity index (χ3v) is 2.73. The number of aromatic nitrogens is 1. The molecular weight excluding hydrogens is 234 g/mol. The first-order valence-corrected chi connectivity index (χ1v) is 6.16. The van der Waals surface area contributed by atoms with Crippen LogP contribution in [0.25, 0.3) is 6.08 Å². The standard InChI is InChI=1S/C16H17N3/c1-4-5-13-10-14(7-8-15(13)17-3)19-16-9-6-12(2)11-18-16/h4-11H,3H2,1-2H3,(H,18,19)/b5-4-. The molecule has 0 saturated carbocycles. The van der Waals surface area contributed by atoms with Crippen LogP contribution < -0.4 is 5.32 Å². The number of aliphatic imine (C=N–C) groups is 1. The molecule has 0 spiro atoms. The molecule has 0 aliphatic carbocycles. The maximum Gasteiger partial charge on any atom is 0.130 e. The lowest BCUT2D eigenvalue weighted by atomic mass is 10.1. The lowest BCUT2D eigenvalue weighted by Gasteiger charge is -2.08. The lowest BCUT2D eigenvalue weighted by molar-refractivity contribution is 1.26. The molecule has 96 valence electrons. The number of hydrogen-bond donors (Lipinski definition) is 1. The van der Waals surface area contributed by atoms with Crippen molar-refractivity contribution in [1.29, 1.82) is 0 Å². The molecule has 0 unspecified atom stereocenters. The Kier molecular flexibility index (Phi) is 4.08. The molecule has 1 aromatic heterocycles. The SMILES string of the molecule is C=Nc1ccc(Nc2ccc(C)cn2)cc1/C=C\C. The third-order valence-electron chi connectivity index (χ3n) is 2.73. The quantitative estimate of drug-likeness (QED) is 0.812. The van der Waals surface area contributed by atoms with Crippen molar-refractivity contribution in [2.45, 2.75) is 13.8 Å². The van der Waals surface area contributed by atoms with Crippen LogP contribution in [0.15, 0.2) is 47.6 Å². The summed E-state index contributed by atoms with van der Waals surface area (Å²) in [4.78, 5) is 8.33. The summed E-state index contributed by atoms with van der Waals surface area (Å²) in [6, 6.07) is 9.94. The van der Waals surface area contributed by atoms with E-state index in [0.29, 0.717) is 0 Å². The van der Waals surface area contributed by atoms with Crippen molar-refractivity contribution in [3.8, 4) is 0 Å². The number of aryl methyl sites for hydroxylation is 1. The third kappa shape index (κ3) is 3.28. The van der Waals surface area contributed by atoms with E-state index >= 15 is 0 Å². The molecular formula is C16H17N3. The van der Waals surface area contributed by atoms with E-state index in [2.05, 4.69) is 22.0 Å². The van der Waals surface area contributed by atoms with Crippen molar-refractivity contribution in [2.75, 3.05) is 5.32 Å². The maximum atomic E-state index is 4.33. The van der Waals surface area contributed by atoms with E-state index in [1.54, 1.807) is 0 Å². The zero-order chi connectivity index (χ0) is 13.7. The summed E-state index contributed by atoms with van der Waals surface area (Å²) in [6.45, 7) is 7.58. The molecule has 0 aliphatic rings. The van der Waals surface area contributed by atoms with E-state index in [1.165, 1.54) is 0 Å². The van der Waals surface area contributed by atoms with E-state index in [-0.39, 0.29) is 0 Å². The summed E-state index contributed by atoms with van der Waals surface area (Å²) >= 11 is 0. The number of pyridine rings is 1. The van der Waals surface area contributed by atoms with Gasteiger partial charge in [0.2, 0.25) is 0 Å². The fourth-order valence-corrected chi connectivity index (χ4v) is 1.78. The van der Waals surface area contributed by atoms with Gasteiger partial charge in [-0.05, 0) is 50.4 Å². The van der Waals surface area contributed by atoms with Crippen molar-refractivity contribution in [3.05, 3.63) is 53.7 Å². The molecule has 0 aliphatic heterocycles. The van der Waals surface area contributed by atoms with Crippen LogP contribution >= 0.6 is 0 Å². The second kappa shape index (κ2) is 5.96. The molecule has 3 heteroatoms. The van der Waals surface area contributed by atoms with Gasteiger partial charge in [-0.15, -0.1) is 0 Å². The van der Waals surface area contributed by atoms with Crippen molar-refractivity contribution in [1.82, 2.24) is 4.98 Å². The molecule has 3 nitrogen and oxygen atoms in total. The smallest absolute Gasteiger partial charge is 0.130 e. The van der Waals surface area contributed by atoms with Crippen LogP contribution in [0.1, 0.15) is 18.1 Å². The highest BCUT2D eigenvalue weighted by atomic mass is 15.0. The molecule has 2 aromatic rings. The van der Waals surface area contributed by atoms with Gasteiger partial charge < -0.3 is 5.32 Å². The van der Waals surface area contributed by atoms with E-state index in [1.807, 2.05) is 62.5 Å². The van der Waals surface area contributed by atoms with Crippen LogP contribution in [0.5, 0.6) is 0 Å². The van der Waals surface area contributed by atoms with Gasteiger partial charge in [0.05, 0.1) is 5.69 Å². The number of nitrogens with zero attached hydrogens (tertiary/aromatic N) is 2. The molecule has 0 saturated heterocycles. The average molecular weight is 251 g/mol. The highest BCUT2D eigenvalue weighted by Crippen LogP contribution is 2.25. The molecule has 1 N–H and O–H groups in total. The minimum atomic E-state index is 0.830. The average Bonchev–Trinajstić information content (AvgIpc) is 2.42. The Bertz CT molecular complexity index is 598. The number of anilines is 2. The zero-order valence-electron chi connectivity index (χ0n) is 11.2. The van der Waals surface area contributed by atoms with Crippen molar-refractivity contribution < 1.29 is 0 Å². The molecule has 0 atom stereocenters. The van der Waals surface area contributed by atoms with Crippen LogP contribution in [-0.4, -0.2) is 11.7 Å². The predicted molar refractivity (Wildman–Crippen MR) is 82.6 cm³/mol. The summed E-state index contributed by atoms with van der Waals surface area (Å²) in [6.07, 6.45) is 5.84. The second-order valence-corrected chi connectivity index (χ2v) is 4.28. The first kappa shape index (κ1) is 13.0. The van der Waals surface area contributed by atoms with E-state index in [4.69, 9.17) is 0 Å². The number of allylic oxidation sites excluding steroid dienone is 1. The van der Waals surface area contributed by atoms with E-state index < -0.39 is 0 Å². The predicted octanol–water partition coefficient (Wildman–Crippen LogP) is 4.50. The fourth-order valence-electron chi connectivity index (χ4n) is 1.78. The van der Waals surface area contributed by atoms with Gasteiger partial charge >= 0.3 is 0 Å². The second-order valence-electron chi connectivity index (χ2n) is 4.28. The highest BCUT2D eigenvalue weighted by Gasteiger charge is 2.01. The van der Waals surface area contributed by atoms with Gasteiger partial charge in [0, 0.05) is 17.4 Å². The molecule has 19 heavy (non-hydrogen) atoms. The van der Waals surface area contributed by atoms with Gasteiger partial charge in [-0.25, -0.2) is 4.98 Å². The first-order valence-electron chi connectivity index (χ1n) is 6.16. The Labute approximate surface area is 113 Å². The molecule has 2 rings (SSSR count). The fraction of sp³-hybridized carbons (Fsp3) is 0.125. The van der Waals surface area contributed by atoms with E-state index in [0.717, 1.165) is 28.3 Å². The largest absolute Gasteiger partial charge is 0.340 e. The van der Waals surface area contributed by atoms with Crippen LogP contribution in [0.2, 0.25) is 0 Å². The monoisotopic (exact) mass is 251 g/mol. The minimum absolute atomic E-state index is 0.830. The van der Waals surface area contributed by atoms with Crippen molar-refractivity contribution >= 4 is 30.0 Å². The van der Waals surface area contributed by atoms with Gasteiger partial charge in [-0.3, -0.25) is 4.99 Å².